The van der Waals surface area contributed by atoms with Crippen LogP contribution in [-0.2, 0) is 14.9 Å². The molecular formula is C19H21NO2S. The molecule has 1 aliphatic carbocycles. The molecule has 4 heteroatoms. The second-order valence-electron chi connectivity index (χ2n) is 6.58. The van der Waals surface area contributed by atoms with Gasteiger partial charge in [-0.2, -0.15) is 0 Å². The average Bonchev–Trinajstić information content (AvgIpc) is 3.21. The molecule has 0 spiro atoms. The van der Waals surface area contributed by atoms with Gasteiger partial charge in [-0.25, -0.2) is 0 Å². The van der Waals surface area contributed by atoms with E-state index in [0.717, 1.165) is 18.4 Å². The number of nitrogens with zero attached hydrogens (tertiary/aromatic N) is 1. The van der Waals surface area contributed by atoms with Crippen LogP contribution >= 0.6 is 11.3 Å². The quantitative estimate of drug-likeness (QED) is 0.860. The summed E-state index contributed by atoms with van der Waals surface area (Å²) < 4.78 is 5.92. The number of ether oxygens (including phenoxy) is 1. The molecule has 3 nitrogen and oxygen atoms in total. The van der Waals surface area contributed by atoms with E-state index in [4.69, 9.17) is 4.74 Å². The Morgan fingerprint density at radius 3 is 2.70 bits per heavy atom. The maximum absolute atomic E-state index is 13.1. The summed E-state index contributed by atoms with van der Waals surface area (Å²) in [6, 6.07) is 12.6. The highest BCUT2D eigenvalue weighted by molar-refractivity contribution is 7.10. The van der Waals surface area contributed by atoms with Crippen LogP contribution < -0.4 is 0 Å². The minimum absolute atomic E-state index is 0.00700. The van der Waals surface area contributed by atoms with E-state index in [0.29, 0.717) is 25.6 Å². The van der Waals surface area contributed by atoms with Crippen LogP contribution in [0.2, 0.25) is 0 Å². The Balaban J connectivity index is 1.51. The van der Waals surface area contributed by atoms with Gasteiger partial charge in [0.15, 0.2) is 0 Å². The monoisotopic (exact) mass is 327 g/mol. The van der Waals surface area contributed by atoms with Gasteiger partial charge >= 0.3 is 0 Å². The second kappa shape index (κ2) is 5.77. The topological polar surface area (TPSA) is 29.5 Å². The standard InChI is InChI=1S/C19H21NO2S/c1-14-4-6-15(7-5-14)16-13-20(10-11-22-16)18(21)19(8-9-19)17-3-2-12-23-17/h2-7,12,16H,8-11,13H2,1H3. The van der Waals surface area contributed by atoms with E-state index >= 15 is 0 Å². The zero-order chi connectivity index (χ0) is 15.9. The summed E-state index contributed by atoms with van der Waals surface area (Å²) in [6.45, 7) is 4.06. The molecule has 1 unspecified atom stereocenters. The summed E-state index contributed by atoms with van der Waals surface area (Å²) in [5.41, 5.74) is 2.17. The number of hydrogen-bond acceptors (Lipinski definition) is 3. The van der Waals surface area contributed by atoms with E-state index in [1.54, 1.807) is 11.3 Å². The molecule has 1 amide bonds. The molecular weight excluding hydrogens is 306 g/mol. The second-order valence-corrected chi connectivity index (χ2v) is 7.53. The number of carbonyl (C=O) groups is 1. The van der Waals surface area contributed by atoms with Gasteiger partial charge < -0.3 is 9.64 Å². The maximum Gasteiger partial charge on any atom is 0.234 e. The highest BCUT2D eigenvalue weighted by Gasteiger charge is 2.54. The normalized spacial score (nSPS) is 22.8. The van der Waals surface area contributed by atoms with Crippen molar-refractivity contribution in [1.82, 2.24) is 4.90 Å². The SMILES string of the molecule is Cc1ccc(C2CN(C(=O)C3(c4cccs4)CC3)CCO2)cc1. The highest BCUT2D eigenvalue weighted by atomic mass is 32.1. The third-order valence-corrected chi connectivity index (χ3v) is 6.03. The number of carbonyl (C=O) groups excluding carboxylic acids is 1. The minimum Gasteiger partial charge on any atom is -0.370 e. The van der Waals surface area contributed by atoms with Gasteiger partial charge in [0.1, 0.15) is 6.10 Å². The Morgan fingerprint density at radius 1 is 1.26 bits per heavy atom. The lowest BCUT2D eigenvalue weighted by Crippen LogP contribution is -2.46. The van der Waals surface area contributed by atoms with Crippen molar-refractivity contribution in [2.45, 2.75) is 31.3 Å². The number of morpholine rings is 1. The fourth-order valence-corrected chi connectivity index (χ4v) is 4.34. The van der Waals surface area contributed by atoms with E-state index in [9.17, 15) is 4.79 Å². The molecule has 2 aliphatic rings. The molecule has 1 atom stereocenters. The Labute approximate surface area is 140 Å². The lowest BCUT2D eigenvalue weighted by atomic mass is 10.0. The highest BCUT2D eigenvalue weighted by Crippen LogP contribution is 2.51. The van der Waals surface area contributed by atoms with E-state index < -0.39 is 0 Å². The van der Waals surface area contributed by atoms with E-state index in [2.05, 4.69) is 42.6 Å². The molecule has 1 aromatic carbocycles. The van der Waals surface area contributed by atoms with Crippen molar-refractivity contribution >= 4 is 17.2 Å². The molecule has 2 aromatic rings. The van der Waals surface area contributed by atoms with Crippen molar-refractivity contribution in [3.05, 3.63) is 57.8 Å². The van der Waals surface area contributed by atoms with Gasteiger partial charge in [-0.15, -0.1) is 11.3 Å². The lowest BCUT2D eigenvalue weighted by molar-refractivity contribution is -0.141. The third kappa shape index (κ3) is 2.70. The van der Waals surface area contributed by atoms with Crippen molar-refractivity contribution in [3.8, 4) is 0 Å². The van der Waals surface area contributed by atoms with Crippen LogP contribution in [-0.4, -0.2) is 30.5 Å². The molecule has 0 bridgehead atoms. The van der Waals surface area contributed by atoms with E-state index in [-0.39, 0.29) is 11.5 Å². The molecule has 0 radical (unpaired) electrons. The molecule has 1 saturated carbocycles. The number of rotatable bonds is 3. The molecule has 120 valence electrons. The average molecular weight is 327 g/mol. The molecule has 4 rings (SSSR count). The van der Waals surface area contributed by atoms with Crippen LogP contribution in [0.3, 0.4) is 0 Å². The van der Waals surface area contributed by atoms with Gasteiger partial charge in [-0.05, 0) is 36.8 Å². The first-order chi connectivity index (χ1) is 11.2. The predicted molar refractivity (Wildman–Crippen MR) is 91.7 cm³/mol. The van der Waals surface area contributed by atoms with Crippen molar-refractivity contribution in [2.75, 3.05) is 19.7 Å². The summed E-state index contributed by atoms with van der Waals surface area (Å²) in [5.74, 6) is 0.292. The van der Waals surface area contributed by atoms with Crippen LogP contribution in [0.25, 0.3) is 0 Å². The lowest BCUT2D eigenvalue weighted by Gasteiger charge is -2.35. The first kappa shape index (κ1) is 14.9. The van der Waals surface area contributed by atoms with Crippen LogP contribution in [0.4, 0.5) is 0 Å². The smallest absolute Gasteiger partial charge is 0.234 e. The fraction of sp³-hybridized carbons (Fsp3) is 0.421. The first-order valence-corrected chi connectivity index (χ1v) is 9.08. The van der Waals surface area contributed by atoms with Crippen LogP contribution in [0, 0.1) is 6.92 Å². The summed E-state index contributed by atoms with van der Waals surface area (Å²) in [7, 11) is 0. The van der Waals surface area contributed by atoms with Crippen molar-refractivity contribution in [3.63, 3.8) is 0 Å². The van der Waals surface area contributed by atoms with Gasteiger partial charge in [-0.3, -0.25) is 4.79 Å². The van der Waals surface area contributed by atoms with E-state index in [1.165, 1.54) is 10.4 Å². The molecule has 1 aromatic heterocycles. The van der Waals surface area contributed by atoms with Crippen LogP contribution in [0.1, 0.15) is 34.9 Å². The largest absolute Gasteiger partial charge is 0.370 e. The zero-order valence-corrected chi connectivity index (χ0v) is 14.1. The van der Waals surface area contributed by atoms with Gasteiger partial charge in [0.25, 0.3) is 0 Å². The fourth-order valence-electron chi connectivity index (χ4n) is 3.36. The van der Waals surface area contributed by atoms with Crippen molar-refractivity contribution in [1.29, 1.82) is 0 Å². The number of aryl methyl sites for hydroxylation is 1. The zero-order valence-electron chi connectivity index (χ0n) is 13.3. The third-order valence-electron chi connectivity index (χ3n) is 4.96. The molecule has 0 N–H and O–H groups in total. The summed E-state index contributed by atoms with van der Waals surface area (Å²) in [6.07, 6.45) is 1.96. The van der Waals surface area contributed by atoms with Gasteiger partial charge in [0, 0.05) is 11.4 Å². The Kier molecular flexibility index (Phi) is 3.74. The van der Waals surface area contributed by atoms with Crippen LogP contribution in [0.5, 0.6) is 0 Å². The summed E-state index contributed by atoms with van der Waals surface area (Å²) in [4.78, 5) is 16.3. The number of thiophene rings is 1. The van der Waals surface area contributed by atoms with Gasteiger partial charge in [0.2, 0.25) is 5.91 Å². The molecule has 1 saturated heterocycles. The van der Waals surface area contributed by atoms with E-state index in [1.807, 2.05) is 11.0 Å². The summed E-state index contributed by atoms with van der Waals surface area (Å²) in [5, 5.41) is 2.07. The van der Waals surface area contributed by atoms with Gasteiger partial charge in [0.05, 0.1) is 18.6 Å². The van der Waals surface area contributed by atoms with Crippen molar-refractivity contribution < 1.29 is 9.53 Å². The van der Waals surface area contributed by atoms with Crippen molar-refractivity contribution in [2.24, 2.45) is 0 Å². The number of amides is 1. The Hall–Kier alpha value is -1.65. The predicted octanol–water partition coefficient (Wildman–Crippen LogP) is 3.69. The number of benzene rings is 1. The van der Waals surface area contributed by atoms with Crippen LogP contribution in [0.15, 0.2) is 41.8 Å². The first-order valence-electron chi connectivity index (χ1n) is 8.21. The Bertz CT molecular complexity index is 689. The maximum atomic E-state index is 13.1. The minimum atomic E-state index is -0.233. The molecule has 2 heterocycles. The van der Waals surface area contributed by atoms with Gasteiger partial charge in [-0.1, -0.05) is 35.9 Å². The molecule has 23 heavy (non-hydrogen) atoms. The Morgan fingerprint density at radius 2 is 2.04 bits per heavy atom. The molecule has 1 aliphatic heterocycles. The molecule has 2 fully saturated rings. The summed E-state index contributed by atoms with van der Waals surface area (Å²) >= 11 is 1.70. The number of hydrogen-bond donors (Lipinski definition) is 0.